The Bertz CT molecular complexity index is 1290. The molecule has 1 saturated heterocycles. The lowest BCUT2D eigenvalue weighted by Gasteiger charge is -2.50. The monoisotopic (exact) mass is 546 g/mol. The lowest BCUT2D eigenvalue weighted by molar-refractivity contribution is -0.292. The van der Waals surface area contributed by atoms with Crippen LogP contribution in [-0.2, 0) is 28.0 Å². The zero-order chi connectivity index (χ0) is 26.8. The molecule has 3 aliphatic rings. The molecular formula is C24H27F5N4O3S. The molecule has 1 aromatic carbocycles. The quantitative estimate of drug-likeness (QED) is 0.581. The van der Waals surface area contributed by atoms with Gasteiger partial charge in [0.25, 0.3) is 5.91 Å². The SMILES string of the molecule is CN1CCn2c(ccc2C(F)(F)C(F)(F)F)C12CCN(C(=O)c1ccc(S(=O)(=O)NC3CC3)cc1)CC2. The van der Waals surface area contributed by atoms with Gasteiger partial charge in [-0.1, -0.05) is 0 Å². The number of alkyl halides is 5. The molecule has 1 saturated carbocycles. The van der Waals surface area contributed by atoms with Crippen molar-refractivity contribution in [2.24, 2.45) is 0 Å². The maximum absolute atomic E-state index is 14.2. The molecule has 7 nitrogen and oxygen atoms in total. The molecule has 2 aliphatic heterocycles. The van der Waals surface area contributed by atoms with Crippen LogP contribution in [0.4, 0.5) is 22.0 Å². The summed E-state index contributed by atoms with van der Waals surface area (Å²) in [4.78, 5) is 16.7. The Balaban J connectivity index is 1.33. The Labute approximate surface area is 211 Å². The number of carbonyl (C=O) groups is 1. The molecule has 0 radical (unpaired) electrons. The molecule has 13 heteroatoms. The topological polar surface area (TPSA) is 74.6 Å². The number of benzene rings is 1. The number of carbonyl (C=O) groups excluding carboxylic acids is 1. The highest BCUT2D eigenvalue weighted by atomic mass is 32.2. The summed E-state index contributed by atoms with van der Waals surface area (Å²) in [5, 5.41) is 0. The highest BCUT2D eigenvalue weighted by Crippen LogP contribution is 2.48. The normalized spacial score (nSPS) is 20.8. The number of hydrogen-bond donors (Lipinski definition) is 1. The molecule has 0 atom stereocenters. The average molecular weight is 547 g/mol. The van der Waals surface area contributed by atoms with E-state index in [1.165, 1.54) is 30.3 Å². The van der Waals surface area contributed by atoms with Crippen LogP contribution in [0.1, 0.15) is 47.4 Å². The summed E-state index contributed by atoms with van der Waals surface area (Å²) in [6, 6.07) is 7.84. The molecule has 0 bridgehead atoms. The molecule has 202 valence electrons. The van der Waals surface area contributed by atoms with Gasteiger partial charge >= 0.3 is 12.1 Å². The Kier molecular flexibility index (Phi) is 6.19. The van der Waals surface area contributed by atoms with Crippen LogP contribution in [0.2, 0.25) is 0 Å². The van der Waals surface area contributed by atoms with Gasteiger partial charge < -0.3 is 9.47 Å². The molecule has 1 aliphatic carbocycles. The first-order valence-electron chi connectivity index (χ1n) is 12.0. The predicted octanol–water partition coefficient (Wildman–Crippen LogP) is 3.66. The van der Waals surface area contributed by atoms with Crippen LogP contribution in [-0.4, -0.2) is 67.6 Å². The number of hydrogen-bond acceptors (Lipinski definition) is 4. The second kappa shape index (κ2) is 8.77. The fraction of sp³-hybridized carbons (Fsp3) is 0.542. The molecule has 5 rings (SSSR count). The minimum atomic E-state index is -5.70. The van der Waals surface area contributed by atoms with Crippen molar-refractivity contribution in [3.8, 4) is 0 Å². The van der Waals surface area contributed by atoms with E-state index in [0.717, 1.165) is 23.5 Å². The first-order chi connectivity index (χ1) is 17.3. The second-order valence-corrected chi connectivity index (χ2v) is 11.7. The molecule has 37 heavy (non-hydrogen) atoms. The van der Waals surface area contributed by atoms with E-state index in [4.69, 9.17) is 0 Å². The van der Waals surface area contributed by atoms with Gasteiger partial charge in [0.2, 0.25) is 10.0 Å². The smallest absolute Gasteiger partial charge is 0.340 e. The average Bonchev–Trinajstić information content (AvgIpc) is 3.53. The highest BCUT2D eigenvalue weighted by molar-refractivity contribution is 7.89. The fourth-order valence-electron chi connectivity index (χ4n) is 5.36. The van der Waals surface area contributed by atoms with Crippen LogP contribution in [0.25, 0.3) is 0 Å². The largest absolute Gasteiger partial charge is 0.459 e. The number of piperidine rings is 1. The van der Waals surface area contributed by atoms with E-state index in [1.807, 2.05) is 11.9 Å². The standard InChI is InChI=1S/C24H27F5N4O3S/c1-31-14-15-33-19(8-9-20(33)23(25,26)24(27,28)29)22(31)10-12-32(13-11-22)21(34)16-2-6-18(7-3-16)37(35,36)30-17-4-5-17/h2-3,6-9,17,30H,4-5,10-15H2,1H3. The number of halogens is 5. The third-order valence-corrected chi connectivity index (χ3v) is 9.25. The number of sulfonamides is 1. The van der Waals surface area contributed by atoms with Gasteiger partial charge in [0.05, 0.1) is 16.1 Å². The van der Waals surface area contributed by atoms with Crippen molar-refractivity contribution in [2.75, 3.05) is 26.7 Å². The molecular weight excluding hydrogens is 519 g/mol. The van der Waals surface area contributed by atoms with Crippen LogP contribution in [0.3, 0.4) is 0 Å². The minimum absolute atomic E-state index is 0.00902. The summed E-state index contributed by atoms with van der Waals surface area (Å²) < 4.78 is 96.0. The van der Waals surface area contributed by atoms with Crippen molar-refractivity contribution in [3.05, 3.63) is 53.3 Å². The number of fused-ring (bicyclic) bond motifs is 2. The van der Waals surface area contributed by atoms with Crippen molar-refractivity contribution in [1.29, 1.82) is 0 Å². The van der Waals surface area contributed by atoms with E-state index in [2.05, 4.69) is 4.72 Å². The van der Waals surface area contributed by atoms with Crippen molar-refractivity contribution in [2.45, 2.75) is 60.8 Å². The number of nitrogens with one attached hydrogen (secondary N) is 1. The Morgan fingerprint density at radius 2 is 1.57 bits per heavy atom. The van der Waals surface area contributed by atoms with E-state index < -0.39 is 33.4 Å². The van der Waals surface area contributed by atoms with E-state index >= 15 is 0 Å². The Morgan fingerprint density at radius 3 is 2.14 bits per heavy atom. The number of likely N-dealkylation sites (tertiary alicyclic amines) is 1. The van der Waals surface area contributed by atoms with Crippen LogP contribution in [0, 0.1) is 0 Å². The summed E-state index contributed by atoms with van der Waals surface area (Å²) >= 11 is 0. The van der Waals surface area contributed by atoms with Gasteiger partial charge in [0, 0.05) is 43.5 Å². The number of amides is 1. The molecule has 1 N–H and O–H groups in total. The number of nitrogens with zero attached hydrogens (tertiary/aromatic N) is 3. The second-order valence-electron chi connectivity index (χ2n) is 9.99. The molecule has 1 aromatic heterocycles. The minimum Gasteiger partial charge on any atom is -0.340 e. The van der Waals surface area contributed by atoms with E-state index in [-0.39, 0.29) is 36.5 Å². The Morgan fingerprint density at radius 1 is 0.946 bits per heavy atom. The maximum Gasteiger partial charge on any atom is 0.459 e. The predicted molar refractivity (Wildman–Crippen MR) is 124 cm³/mol. The van der Waals surface area contributed by atoms with E-state index in [9.17, 15) is 35.2 Å². The maximum atomic E-state index is 14.2. The fourth-order valence-corrected chi connectivity index (χ4v) is 6.66. The number of likely N-dealkylation sites (N-methyl/N-ethyl adjacent to an activating group) is 1. The summed E-state index contributed by atoms with van der Waals surface area (Å²) in [5.41, 5.74) is -1.13. The zero-order valence-electron chi connectivity index (χ0n) is 20.1. The molecule has 3 heterocycles. The van der Waals surface area contributed by atoms with E-state index in [1.54, 1.807) is 4.90 Å². The molecule has 1 spiro atoms. The Hall–Kier alpha value is -2.51. The number of rotatable bonds is 5. The highest BCUT2D eigenvalue weighted by Gasteiger charge is 2.61. The van der Waals surface area contributed by atoms with Gasteiger partial charge in [-0.15, -0.1) is 0 Å². The third-order valence-electron chi connectivity index (χ3n) is 7.71. The van der Waals surface area contributed by atoms with Crippen LogP contribution < -0.4 is 4.72 Å². The lowest BCUT2D eigenvalue weighted by atomic mass is 9.81. The first kappa shape index (κ1) is 26.1. The molecule has 2 fully saturated rings. The lowest BCUT2D eigenvalue weighted by Crippen LogP contribution is -2.57. The first-order valence-corrected chi connectivity index (χ1v) is 13.5. The van der Waals surface area contributed by atoms with Crippen LogP contribution in [0.5, 0.6) is 0 Å². The van der Waals surface area contributed by atoms with Crippen LogP contribution >= 0.6 is 0 Å². The summed E-state index contributed by atoms with van der Waals surface area (Å²) in [6.07, 6.45) is -3.38. The van der Waals surface area contributed by atoms with Crippen molar-refractivity contribution < 1.29 is 35.2 Å². The van der Waals surface area contributed by atoms with Crippen molar-refractivity contribution >= 4 is 15.9 Å². The van der Waals surface area contributed by atoms with Crippen molar-refractivity contribution in [3.63, 3.8) is 0 Å². The van der Waals surface area contributed by atoms with E-state index in [0.29, 0.717) is 30.6 Å². The summed E-state index contributed by atoms with van der Waals surface area (Å²) in [5.74, 6) is -5.26. The van der Waals surface area contributed by atoms with Crippen LogP contribution in [0.15, 0.2) is 41.3 Å². The summed E-state index contributed by atoms with van der Waals surface area (Å²) in [6.45, 7) is 0.835. The van der Waals surface area contributed by atoms with Gasteiger partial charge in [0.1, 0.15) is 0 Å². The van der Waals surface area contributed by atoms with Gasteiger partial charge in [-0.3, -0.25) is 9.69 Å². The van der Waals surface area contributed by atoms with Gasteiger partial charge in [-0.2, -0.15) is 22.0 Å². The third kappa shape index (κ3) is 4.44. The van der Waals surface area contributed by atoms with Gasteiger partial charge in [-0.05, 0) is 69.1 Å². The molecule has 2 aromatic rings. The summed E-state index contributed by atoms with van der Waals surface area (Å²) in [7, 11) is -1.83. The molecule has 1 amide bonds. The zero-order valence-corrected chi connectivity index (χ0v) is 20.9. The van der Waals surface area contributed by atoms with Gasteiger partial charge in [0.15, 0.2) is 0 Å². The molecule has 0 unspecified atom stereocenters. The number of aromatic nitrogens is 1. The van der Waals surface area contributed by atoms with Crippen molar-refractivity contribution in [1.82, 2.24) is 19.1 Å². The van der Waals surface area contributed by atoms with Gasteiger partial charge in [-0.25, -0.2) is 13.1 Å².